The second kappa shape index (κ2) is 13.2. The lowest BCUT2D eigenvalue weighted by molar-refractivity contribution is -0.155. The Bertz CT molecular complexity index is 359. The molecule has 0 spiro atoms. The third-order valence-electron chi connectivity index (χ3n) is 4.61. The van der Waals surface area contributed by atoms with Crippen LogP contribution in [-0.4, -0.2) is 34.9 Å². The maximum absolute atomic E-state index is 12.0. The van der Waals surface area contributed by atoms with Crippen molar-refractivity contribution < 1.29 is 9.59 Å². The van der Waals surface area contributed by atoms with Crippen molar-refractivity contribution in [3.05, 3.63) is 12.2 Å². The lowest BCUT2D eigenvalue weighted by Crippen LogP contribution is -2.47. The Kier molecular flexibility index (Phi) is 11.5. The van der Waals surface area contributed by atoms with Crippen molar-refractivity contribution in [3.63, 3.8) is 0 Å². The minimum atomic E-state index is -0.183. The molecule has 0 atom stereocenters. The highest BCUT2D eigenvalue weighted by Gasteiger charge is 2.28. The molecule has 0 fully saturated rings. The van der Waals surface area contributed by atoms with E-state index >= 15 is 0 Å². The predicted octanol–water partition coefficient (Wildman–Crippen LogP) is 4.85. The molecule has 138 valence electrons. The van der Waals surface area contributed by atoms with Crippen LogP contribution in [0.25, 0.3) is 0 Å². The van der Waals surface area contributed by atoms with Crippen molar-refractivity contribution in [1.29, 1.82) is 0 Å². The third-order valence-corrected chi connectivity index (χ3v) is 4.61. The van der Waals surface area contributed by atoms with E-state index in [1.807, 2.05) is 5.01 Å². The second-order valence-corrected chi connectivity index (χ2v) is 6.81. The summed E-state index contributed by atoms with van der Waals surface area (Å²) >= 11 is 0. The standard InChI is InChI=1S/C20H36N2O2/c1-3-5-7-9-11-13-17-21(18-14-12-10-8-6-4-2)22-19(23)15-16-20(22)24/h15-16H,3-14,17-18H2,1-2H3. The Morgan fingerprint density at radius 1 is 0.667 bits per heavy atom. The van der Waals surface area contributed by atoms with Gasteiger partial charge in [-0.3, -0.25) is 9.59 Å². The van der Waals surface area contributed by atoms with E-state index in [4.69, 9.17) is 0 Å². The van der Waals surface area contributed by atoms with Gasteiger partial charge < -0.3 is 0 Å². The van der Waals surface area contributed by atoms with E-state index in [-0.39, 0.29) is 11.8 Å². The molecular formula is C20H36N2O2. The largest absolute Gasteiger partial charge is 0.268 e. The summed E-state index contributed by atoms with van der Waals surface area (Å²) in [5.41, 5.74) is 0. The molecule has 0 saturated heterocycles. The average molecular weight is 337 g/mol. The summed E-state index contributed by atoms with van der Waals surface area (Å²) < 4.78 is 0. The maximum Gasteiger partial charge on any atom is 0.268 e. The summed E-state index contributed by atoms with van der Waals surface area (Å²) in [5, 5.41) is 3.32. The van der Waals surface area contributed by atoms with E-state index < -0.39 is 0 Å². The van der Waals surface area contributed by atoms with Crippen molar-refractivity contribution in [2.24, 2.45) is 0 Å². The van der Waals surface area contributed by atoms with Crippen LogP contribution >= 0.6 is 0 Å². The molecule has 1 rings (SSSR count). The summed E-state index contributed by atoms with van der Waals surface area (Å²) in [6.45, 7) is 6.06. The first-order valence-corrected chi connectivity index (χ1v) is 10.0. The first kappa shape index (κ1) is 20.9. The van der Waals surface area contributed by atoms with E-state index in [2.05, 4.69) is 13.8 Å². The lowest BCUT2D eigenvalue weighted by Gasteiger charge is -2.30. The van der Waals surface area contributed by atoms with Gasteiger partial charge in [-0.1, -0.05) is 78.1 Å². The van der Waals surface area contributed by atoms with Crippen LogP contribution in [0.5, 0.6) is 0 Å². The summed E-state index contributed by atoms with van der Waals surface area (Å²) in [4.78, 5) is 23.9. The fourth-order valence-corrected chi connectivity index (χ4v) is 3.13. The van der Waals surface area contributed by atoms with Crippen molar-refractivity contribution in [2.45, 2.75) is 90.9 Å². The van der Waals surface area contributed by atoms with E-state index in [1.54, 1.807) is 0 Å². The molecule has 4 nitrogen and oxygen atoms in total. The van der Waals surface area contributed by atoms with E-state index in [9.17, 15) is 9.59 Å². The zero-order valence-corrected chi connectivity index (χ0v) is 15.8. The molecule has 0 radical (unpaired) electrons. The molecule has 0 aromatic carbocycles. The quantitative estimate of drug-likeness (QED) is 0.317. The number of hydrogen-bond donors (Lipinski definition) is 0. The Hall–Kier alpha value is -1.16. The molecule has 4 heteroatoms. The fourth-order valence-electron chi connectivity index (χ4n) is 3.13. The number of imide groups is 1. The Morgan fingerprint density at radius 2 is 1.04 bits per heavy atom. The Labute approximate surface area is 148 Å². The SMILES string of the molecule is CCCCCCCCN(CCCCCCCC)N1C(=O)C=CC1=O. The monoisotopic (exact) mass is 336 g/mol. The van der Waals surface area contributed by atoms with Crippen molar-refractivity contribution in [1.82, 2.24) is 10.0 Å². The molecular weight excluding hydrogens is 300 g/mol. The highest BCUT2D eigenvalue weighted by molar-refractivity contribution is 6.12. The molecule has 0 bridgehead atoms. The van der Waals surface area contributed by atoms with Crippen LogP contribution in [-0.2, 0) is 9.59 Å². The van der Waals surface area contributed by atoms with Gasteiger partial charge in [0.1, 0.15) is 0 Å². The van der Waals surface area contributed by atoms with Crippen LogP contribution in [0.4, 0.5) is 0 Å². The molecule has 24 heavy (non-hydrogen) atoms. The normalized spacial score (nSPS) is 14.4. The summed E-state index contributed by atoms with van der Waals surface area (Å²) in [6, 6.07) is 0. The topological polar surface area (TPSA) is 40.6 Å². The van der Waals surface area contributed by atoms with Crippen LogP contribution in [0, 0.1) is 0 Å². The van der Waals surface area contributed by atoms with E-state index in [0.717, 1.165) is 25.9 Å². The second-order valence-electron chi connectivity index (χ2n) is 6.81. The number of unbranched alkanes of at least 4 members (excludes halogenated alkanes) is 10. The molecule has 0 aromatic heterocycles. The average Bonchev–Trinajstić information content (AvgIpc) is 2.91. The number of carbonyl (C=O) groups excluding carboxylic acids is 2. The first-order chi connectivity index (χ1) is 11.7. The molecule has 0 saturated carbocycles. The fraction of sp³-hybridized carbons (Fsp3) is 0.800. The van der Waals surface area contributed by atoms with Crippen LogP contribution in [0.2, 0.25) is 0 Å². The summed E-state index contributed by atoms with van der Waals surface area (Å²) in [7, 11) is 0. The minimum Gasteiger partial charge on any atom is -0.268 e. The zero-order valence-electron chi connectivity index (χ0n) is 15.8. The number of hydrazine groups is 1. The predicted molar refractivity (Wildman–Crippen MR) is 99.3 cm³/mol. The first-order valence-electron chi connectivity index (χ1n) is 10.0. The number of nitrogens with zero attached hydrogens (tertiary/aromatic N) is 2. The van der Waals surface area contributed by atoms with Gasteiger partial charge in [-0.05, 0) is 12.8 Å². The summed E-state index contributed by atoms with van der Waals surface area (Å²) in [6.07, 6.45) is 17.4. The van der Waals surface area contributed by atoms with Gasteiger partial charge in [-0.25, -0.2) is 10.0 Å². The molecule has 1 aliphatic rings. The molecule has 0 aromatic rings. The molecule has 0 aliphatic carbocycles. The van der Waals surface area contributed by atoms with Crippen molar-refractivity contribution in [3.8, 4) is 0 Å². The number of carbonyl (C=O) groups is 2. The van der Waals surface area contributed by atoms with Gasteiger partial charge in [0.2, 0.25) is 0 Å². The molecule has 0 unspecified atom stereocenters. The van der Waals surface area contributed by atoms with Gasteiger partial charge in [0.05, 0.1) is 0 Å². The number of hydrogen-bond acceptors (Lipinski definition) is 3. The Morgan fingerprint density at radius 3 is 1.46 bits per heavy atom. The number of rotatable bonds is 15. The number of amides is 2. The smallest absolute Gasteiger partial charge is 0.268 e. The van der Waals surface area contributed by atoms with Crippen LogP contribution in [0.15, 0.2) is 12.2 Å². The van der Waals surface area contributed by atoms with Gasteiger partial charge in [0, 0.05) is 25.2 Å². The van der Waals surface area contributed by atoms with Gasteiger partial charge in [-0.15, -0.1) is 0 Å². The molecule has 1 heterocycles. The zero-order chi connectivity index (χ0) is 17.6. The Balaban J connectivity index is 2.33. The van der Waals surface area contributed by atoms with Crippen LogP contribution in [0.1, 0.15) is 90.9 Å². The maximum atomic E-state index is 12.0. The van der Waals surface area contributed by atoms with Crippen LogP contribution < -0.4 is 0 Å². The highest BCUT2D eigenvalue weighted by Crippen LogP contribution is 2.14. The van der Waals surface area contributed by atoms with Gasteiger partial charge >= 0.3 is 0 Å². The molecule has 0 N–H and O–H groups in total. The van der Waals surface area contributed by atoms with Gasteiger partial charge in [0.15, 0.2) is 0 Å². The van der Waals surface area contributed by atoms with Crippen molar-refractivity contribution in [2.75, 3.05) is 13.1 Å². The third kappa shape index (κ3) is 8.09. The summed E-state index contributed by atoms with van der Waals surface area (Å²) in [5.74, 6) is -0.367. The van der Waals surface area contributed by atoms with Gasteiger partial charge in [-0.2, -0.15) is 0 Å². The highest BCUT2D eigenvalue weighted by atomic mass is 16.2. The lowest BCUT2D eigenvalue weighted by atomic mass is 10.1. The van der Waals surface area contributed by atoms with Crippen molar-refractivity contribution >= 4 is 11.8 Å². The minimum absolute atomic E-state index is 0.183. The van der Waals surface area contributed by atoms with E-state index in [0.29, 0.717) is 0 Å². The molecule has 2 amide bonds. The molecule has 1 aliphatic heterocycles. The van der Waals surface area contributed by atoms with Crippen LogP contribution in [0.3, 0.4) is 0 Å². The van der Waals surface area contributed by atoms with E-state index in [1.165, 1.54) is 81.4 Å². The van der Waals surface area contributed by atoms with Gasteiger partial charge in [0.25, 0.3) is 11.8 Å².